The Balaban J connectivity index is 1.86. The molecule has 1 atom stereocenters. The van der Waals surface area contributed by atoms with Crippen LogP contribution in [0.4, 0.5) is 8.78 Å². The molecule has 0 saturated carbocycles. The number of aromatic nitrogens is 2. The summed E-state index contributed by atoms with van der Waals surface area (Å²) in [5, 5.41) is 3.95. The largest absolute Gasteiger partial charge is 0.312 e. The highest BCUT2D eigenvalue weighted by molar-refractivity contribution is 7.18. The molecule has 7 heteroatoms. The normalized spacial score (nSPS) is 15.5. The lowest BCUT2D eigenvalue weighted by atomic mass is 10.1. The van der Waals surface area contributed by atoms with Crippen molar-refractivity contribution in [3.63, 3.8) is 0 Å². The average molecular weight is 347 g/mol. The van der Waals surface area contributed by atoms with Crippen molar-refractivity contribution in [1.82, 2.24) is 14.9 Å². The first kappa shape index (κ1) is 15.4. The summed E-state index contributed by atoms with van der Waals surface area (Å²) in [6.45, 7) is 3.38. The van der Waals surface area contributed by atoms with Gasteiger partial charge >= 0.3 is 0 Å². The fourth-order valence-electron chi connectivity index (χ4n) is 3.14. The molecule has 0 spiro atoms. The van der Waals surface area contributed by atoms with Gasteiger partial charge in [-0.05, 0) is 43.1 Å². The van der Waals surface area contributed by atoms with Gasteiger partial charge in [-0.1, -0.05) is 6.07 Å². The van der Waals surface area contributed by atoms with E-state index in [0.717, 1.165) is 46.9 Å². The van der Waals surface area contributed by atoms with Crippen molar-refractivity contribution in [1.29, 1.82) is 0 Å². The summed E-state index contributed by atoms with van der Waals surface area (Å²) in [6, 6.07) is 3.27. The van der Waals surface area contributed by atoms with Gasteiger partial charge in [0.25, 0.3) is 5.56 Å². The minimum Gasteiger partial charge on any atom is -0.312 e. The average Bonchev–Trinajstić information content (AvgIpc) is 2.96. The predicted molar refractivity (Wildman–Crippen MR) is 89.5 cm³/mol. The molecule has 0 unspecified atom stereocenters. The van der Waals surface area contributed by atoms with Crippen LogP contribution in [0.5, 0.6) is 0 Å². The second kappa shape index (κ2) is 5.75. The Hall–Kier alpha value is -2.12. The monoisotopic (exact) mass is 347 g/mol. The van der Waals surface area contributed by atoms with Crippen LogP contribution in [0.25, 0.3) is 10.2 Å². The Bertz CT molecular complexity index is 995. The van der Waals surface area contributed by atoms with E-state index in [9.17, 15) is 13.6 Å². The molecule has 0 bridgehead atoms. The molecule has 0 amide bonds. The van der Waals surface area contributed by atoms with Gasteiger partial charge in [-0.3, -0.25) is 9.36 Å². The maximum atomic E-state index is 13.5. The number of halogens is 2. The Morgan fingerprint density at radius 2 is 2.17 bits per heavy atom. The summed E-state index contributed by atoms with van der Waals surface area (Å²) in [4.78, 5) is 19.3. The molecule has 24 heavy (non-hydrogen) atoms. The van der Waals surface area contributed by atoms with Crippen LogP contribution in [0.3, 0.4) is 0 Å². The zero-order chi connectivity index (χ0) is 16.8. The topological polar surface area (TPSA) is 46.9 Å². The Morgan fingerprint density at radius 3 is 2.96 bits per heavy atom. The van der Waals surface area contributed by atoms with Gasteiger partial charge in [-0.25, -0.2) is 13.8 Å². The summed E-state index contributed by atoms with van der Waals surface area (Å²) in [5.74, 6) is -1.81. The highest BCUT2D eigenvalue weighted by Crippen LogP contribution is 2.30. The fraction of sp³-hybridized carbons (Fsp3) is 0.294. The standard InChI is InChI=1S/C17H15F2N3OS/c1-9(10-2-3-12(18)13(19)6-10)22-8-21-16-15(17(22)23)11-4-5-20-7-14(11)24-16/h2-3,6,8-9,20H,4-5,7H2,1H3/t9-/m0/s1. The van der Waals surface area contributed by atoms with Gasteiger partial charge in [0.1, 0.15) is 4.83 Å². The summed E-state index contributed by atoms with van der Waals surface area (Å²) >= 11 is 1.54. The minimum atomic E-state index is -0.916. The van der Waals surface area contributed by atoms with E-state index in [1.165, 1.54) is 28.3 Å². The Labute approximate surface area is 140 Å². The molecule has 1 aliphatic heterocycles. The van der Waals surface area contributed by atoms with Crippen molar-refractivity contribution in [2.24, 2.45) is 0 Å². The number of benzene rings is 1. The highest BCUT2D eigenvalue weighted by atomic mass is 32.1. The maximum Gasteiger partial charge on any atom is 0.262 e. The van der Waals surface area contributed by atoms with Crippen LogP contribution in [-0.4, -0.2) is 16.1 Å². The molecule has 3 heterocycles. The first-order chi connectivity index (χ1) is 11.6. The van der Waals surface area contributed by atoms with Gasteiger partial charge in [0, 0.05) is 11.4 Å². The smallest absolute Gasteiger partial charge is 0.262 e. The van der Waals surface area contributed by atoms with Crippen molar-refractivity contribution in [3.05, 3.63) is 62.5 Å². The molecule has 1 aliphatic rings. The predicted octanol–water partition coefficient (Wildman–Crippen LogP) is 2.99. The van der Waals surface area contributed by atoms with Gasteiger partial charge < -0.3 is 5.32 Å². The lowest BCUT2D eigenvalue weighted by molar-refractivity contribution is 0.502. The number of rotatable bonds is 2. The van der Waals surface area contributed by atoms with Crippen molar-refractivity contribution in [2.45, 2.75) is 25.9 Å². The second-order valence-corrected chi connectivity index (χ2v) is 7.00. The third kappa shape index (κ3) is 2.35. The van der Waals surface area contributed by atoms with Crippen LogP contribution in [0.2, 0.25) is 0 Å². The van der Waals surface area contributed by atoms with Crippen LogP contribution in [0.15, 0.2) is 29.3 Å². The van der Waals surface area contributed by atoms with E-state index in [2.05, 4.69) is 10.3 Å². The Morgan fingerprint density at radius 1 is 1.33 bits per heavy atom. The van der Waals surface area contributed by atoms with Gasteiger partial charge in [-0.15, -0.1) is 11.3 Å². The maximum absolute atomic E-state index is 13.5. The molecule has 1 aromatic carbocycles. The summed E-state index contributed by atoms with van der Waals surface area (Å²) in [6.07, 6.45) is 2.29. The molecule has 4 rings (SSSR count). The number of hydrogen-bond donors (Lipinski definition) is 1. The van der Waals surface area contributed by atoms with Crippen molar-refractivity contribution >= 4 is 21.6 Å². The lowest BCUT2D eigenvalue weighted by Crippen LogP contribution is -2.26. The fourth-order valence-corrected chi connectivity index (χ4v) is 4.28. The molecule has 0 saturated heterocycles. The zero-order valence-electron chi connectivity index (χ0n) is 13.0. The van der Waals surface area contributed by atoms with Crippen LogP contribution >= 0.6 is 11.3 Å². The summed E-state index contributed by atoms with van der Waals surface area (Å²) in [7, 11) is 0. The highest BCUT2D eigenvalue weighted by Gasteiger charge is 2.21. The van der Waals surface area contributed by atoms with Crippen LogP contribution in [0, 0.1) is 11.6 Å². The van der Waals surface area contributed by atoms with Crippen molar-refractivity contribution in [3.8, 4) is 0 Å². The van der Waals surface area contributed by atoms with Gasteiger partial charge in [0.05, 0.1) is 17.8 Å². The van der Waals surface area contributed by atoms with E-state index in [1.54, 1.807) is 6.92 Å². The molecule has 1 N–H and O–H groups in total. The lowest BCUT2D eigenvalue weighted by Gasteiger charge is -2.16. The van der Waals surface area contributed by atoms with E-state index >= 15 is 0 Å². The molecule has 124 valence electrons. The van der Waals surface area contributed by atoms with Crippen molar-refractivity contribution < 1.29 is 8.78 Å². The van der Waals surface area contributed by atoms with E-state index < -0.39 is 17.7 Å². The van der Waals surface area contributed by atoms with Crippen LogP contribution < -0.4 is 10.9 Å². The first-order valence-corrected chi connectivity index (χ1v) is 8.55. The minimum absolute atomic E-state index is 0.128. The number of hydrogen-bond acceptors (Lipinski definition) is 4. The molecule has 0 aliphatic carbocycles. The molecule has 4 nitrogen and oxygen atoms in total. The Kier molecular flexibility index (Phi) is 3.69. The van der Waals surface area contributed by atoms with E-state index in [-0.39, 0.29) is 5.56 Å². The molecular weight excluding hydrogens is 332 g/mol. The number of nitrogens with zero attached hydrogens (tertiary/aromatic N) is 2. The van der Waals surface area contributed by atoms with E-state index in [0.29, 0.717) is 10.9 Å². The van der Waals surface area contributed by atoms with E-state index in [1.807, 2.05) is 0 Å². The molecule has 2 aromatic heterocycles. The third-order valence-corrected chi connectivity index (χ3v) is 5.64. The third-order valence-electron chi connectivity index (χ3n) is 4.50. The second-order valence-electron chi connectivity index (χ2n) is 5.92. The van der Waals surface area contributed by atoms with Gasteiger partial charge in [0.15, 0.2) is 11.6 Å². The SMILES string of the molecule is C[C@@H](c1ccc(F)c(F)c1)n1cnc2sc3c(c2c1=O)CCNC3. The number of fused-ring (bicyclic) bond motifs is 3. The van der Waals surface area contributed by atoms with Crippen molar-refractivity contribution in [2.75, 3.05) is 6.54 Å². The van der Waals surface area contributed by atoms with E-state index in [4.69, 9.17) is 0 Å². The number of thiophene rings is 1. The summed E-state index contributed by atoms with van der Waals surface area (Å²) < 4.78 is 28.1. The first-order valence-electron chi connectivity index (χ1n) is 7.73. The zero-order valence-corrected chi connectivity index (χ0v) is 13.8. The molecule has 3 aromatic rings. The number of nitrogens with one attached hydrogen (secondary N) is 1. The molecular formula is C17H15F2N3OS. The quantitative estimate of drug-likeness (QED) is 0.775. The van der Waals surface area contributed by atoms with Gasteiger partial charge in [-0.2, -0.15) is 0 Å². The van der Waals surface area contributed by atoms with Crippen LogP contribution in [0.1, 0.15) is 29.0 Å². The molecule has 0 fully saturated rings. The van der Waals surface area contributed by atoms with Crippen LogP contribution in [-0.2, 0) is 13.0 Å². The summed E-state index contributed by atoms with van der Waals surface area (Å²) in [5.41, 5.74) is 1.47. The van der Waals surface area contributed by atoms with Gasteiger partial charge in [0.2, 0.25) is 0 Å². The molecule has 0 radical (unpaired) electrons.